The second kappa shape index (κ2) is 7.19. The third kappa shape index (κ3) is 3.40. The molecule has 0 atom stereocenters. The van der Waals surface area contributed by atoms with Crippen LogP contribution in [0.1, 0.15) is 16.4 Å². The van der Waals surface area contributed by atoms with E-state index in [4.69, 9.17) is 0 Å². The molecule has 1 aliphatic heterocycles. The normalized spacial score (nSPS) is 14.4. The van der Waals surface area contributed by atoms with E-state index in [1.165, 1.54) is 6.07 Å². The molecule has 0 N–H and O–H groups in total. The summed E-state index contributed by atoms with van der Waals surface area (Å²) in [6, 6.07) is 16.3. The van der Waals surface area contributed by atoms with Gasteiger partial charge in [-0.05, 0) is 31.2 Å². The summed E-state index contributed by atoms with van der Waals surface area (Å²) < 4.78 is 15.6. The fraction of sp³-hybridized carbons (Fsp3) is 0.250. The summed E-state index contributed by atoms with van der Waals surface area (Å²) in [6.45, 7) is 3.99. The number of anilines is 1. The highest BCUT2D eigenvalue weighted by Crippen LogP contribution is 2.20. The molecule has 1 fully saturated rings. The number of para-hydroxylation sites is 2. The summed E-state index contributed by atoms with van der Waals surface area (Å²) in [4.78, 5) is 20.8. The largest absolute Gasteiger partial charge is 0.366 e. The van der Waals surface area contributed by atoms with Crippen LogP contribution in [-0.4, -0.2) is 51.8 Å². The highest BCUT2D eigenvalue weighted by Gasteiger charge is 2.26. The van der Waals surface area contributed by atoms with Gasteiger partial charge in [-0.1, -0.05) is 30.3 Å². The molecule has 138 valence electrons. The SMILES string of the molecule is Cc1nc(C(=O)N2CCN(c3ccccc3F)CC2)nn1-c1ccccc1. The van der Waals surface area contributed by atoms with Gasteiger partial charge in [-0.2, -0.15) is 0 Å². The number of amides is 1. The van der Waals surface area contributed by atoms with Crippen LogP contribution in [0.3, 0.4) is 0 Å². The fourth-order valence-corrected chi connectivity index (χ4v) is 3.29. The van der Waals surface area contributed by atoms with Crippen molar-refractivity contribution >= 4 is 11.6 Å². The van der Waals surface area contributed by atoms with E-state index >= 15 is 0 Å². The average Bonchev–Trinajstić information content (AvgIpc) is 3.10. The van der Waals surface area contributed by atoms with Gasteiger partial charge >= 0.3 is 0 Å². The Morgan fingerprint density at radius 2 is 1.63 bits per heavy atom. The minimum absolute atomic E-state index is 0.190. The highest BCUT2D eigenvalue weighted by molar-refractivity contribution is 5.90. The fourth-order valence-electron chi connectivity index (χ4n) is 3.29. The predicted molar refractivity (Wildman–Crippen MR) is 101 cm³/mol. The van der Waals surface area contributed by atoms with Crippen LogP contribution in [0.25, 0.3) is 5.69 Å². The summed E-state index contributed by atoms with van der Waals surface area (Å²) in [5.74, 6) is 0.419. The van der Waals surface area contributed by atoms with Crippen molar-refractivity contribution in [2.45, 2.75) is 6.92 Å². The topological polar surface area (TPSA) is 54.3 Å². The van der Waals surface area contributed by atoms with Gasteiger partial charge in [0.15, 0.2) is 0 Å². The summed E-state index contributed by atoms with van der Waals surface area (Å²) >= 11 is 0. The molecular weight excluding hydrogens is 345 g/mol. The molecule has 0 spiro atoms. The first-order chi connectivity index (χ1) is 13.1. The Balaban J connectivity index is 1.47. The van der Waals surface area contributed by atoms with Crippen LogP contribution in [0.15, 0.2) is 54.6 Å². The molecule has 0 saturated carbocycles. The lowest BCUT2D eigenvalue weighted by Crippen LogP contribution is -2.49. The van der Waals surface area contributed by atoms with E-state index in [1.807, 2.05) is 48.2 Å². The molecule has 0 radical (unpaired) electrons. The van der Waals surface area contributed by atoms with Crippen molar-refractivity contribution in [2.75, 3.05) is 31.1 Å². The van der Waals surface area contributed by atoms with E-state index in [9.17, 15) is 9.18 Å². The maximum atomic E-state index is 14.0. The molecule has 0 bridgehead atoms. The number of hydrogen-bond acceptors (Lipinski definition) is 4. The number of aromatic nitrogens is 3. The first-order valence-electron chi connectivity index (χ1n) is 8.91. The monoisotopic (exact) mass is 365 g/mol. The lowest BCUT2D eigenvalue weighted by atomic mass is 10.2. The molecule has 0 unspecified atom stereocenters. The zero-order valence-electron chi connectivity index (χ0n) is 15.0. The van der Waals surface area contributed by atoms with Gasteiger partial charge < -0.3 is 9.80 Å². The number of carbonyl (C=O) groups excluding carboxylic acids is 1. The molecular formula is C20H20FN5O. The maximum Gasteiger partial charge on any atom is 0.293 e. The van der Waals surface area contributed by atoms with Gasteiger partial charge in [0.2, 0.25) is 5.82 Å². The maximum absolute atomic E-state index is 14.0. The third-order valence-electron chi connectivity index (χ3n) is 4.72. The van der Waals surface area contributed by atoms with E-state index in [0.29, 0.717) is 37.7 Å². The number of piperazine rings is 1. The number of rotatable bonds is 3. The third-order valence-corrected chi connectivity index (χ3v) is 4.72. The molecule has 1 aliphatic rings. The molecule has 2 aromatic carbocycles. The van der Waals surface area contributed by atoms with Crippen LogP contribution in [0.5, 0.6) is 0 Å². The molecule has 4 rings (SSSR count). The lowest BCUT2D eigenvalue weighted by Gasteiger charge is -2.35. The second-order valence-corrected chi connectivity index (χ2v) is 6.46. The van der Waals surface area contributed by atoms with Crippen molar-refractivity contribution in [2.24, 2.45) is 0 Å². The highest BCUT2D eigenvalue weighted by atomic mass is 19.1. The number of hydrogen-bond donors (Lipinski definition) is 0. The van der Waals surface area contributed by atoms with Crippen molar-refractivity contribution in [1.82, 2.24) is 19.7 Å². The van der Waals surface area contributed by atoms with Crippen molar-refractivity contribution < 1.29 is 9.18 Å². The van der Waals surface area contributed by atoms with Gasteiger partial charge in [0.05, 0.1) is 11.4 Å². The summed E-state index contributed by atoms with van der Waals surface area (Å²) in [6.07, 6.45) is 0. The van der Waals surface area contributed by atoms with Gasteiger partial charge in [0, 0.05) is 26.2 Å². The van der Waals surface area contributed by atoms with Crippen molar-refractivity contribution in [1.29, 1.82) is 0 Å². The van der Waals surface area contributed by atoms with Crippen LogP contribution in [0, 0.1) is 12.7 Å². The van der Waals surface area contributed by atoms with Crippen molar-refractivity contribution in [3.63, 3.8) is 0 Å². The molecule has 0 aliphatic carbocycles. The first kappa shape index (κ1) is 17.2. The van der Waals surface area contributed by atoms with E-state index < -0.39 is 0 Å². The summed E-state index contributed by atoms with van der Waals surface area (Å²) in [5, 5.41) is 4.39. The second-order valence-electron chi connectivity index (χ2n) is 6.46. The van der Waals surface area contributed by atoms with Crippen LogP contribution in [-0.2, 0) is 0 Å². The van der Waals surface area contributed by atoms with Crippen LogP contribution in [0.4, 0.5) is 10.1 Å². The van der Waals surface area contributed by atoms with Gasteiger partial charge in [-0.25, -0.2) is 14.1 Å². The molecule has 1 aromatic heterocycles. The minimum atomic E-state index is -0.240. The number of halogens is 1. The van der Waals surface area contributed by atoms with Gasteiger partial charge in [0.25, 0.3) is 5.91 Å². The zero-order chi connectivity index (χ0) is 18.8. The molecule has 3 aromatic rings. The molecule has 2 heterocycles. The Labute approximate surface area is 156 Å². The quantitative estimate of drug-likeness (QED) is 0.716. The lowest BCUT2D eigenvalue weighted by molar-refractivity contribution is 0.0734. The van der Waals surface area contributed by atoms with Crippen LogP contribution in [0.2, 0.25) is 0 Å². The zero-order valence-corrected chi connectivity index (χ0v) is 15.0. The van der Waals surface area contributed by atoms with Crippen LogP contribution < -0.4 is 4.90 Å². The molecule has 6 nitrogen and oxygen atoms in total. The van der Waals surface area contributed by atoms with E-state index in [1.54, 1.807) is 21.7 Å². The van der Waals surface area contributed by atoms with Gasteiger partial charge in [0.1, 0.15) is 11.6 Å². The number of aryl methyl sites for hydroxylation is 1. The van der Waals surface area contributed by atoms with Crippen molar-refractivity contribution in [3.05, 3.63) is 72.1 Å². The van der Waals surface area contributed by atoms with Gasteiger partial charge in [-0.3, -0.25) is 4.79 Å². The van der Waals surface area contributed by atoms with E-state index in [0.717, 1.165) is 5.69 Å². The summed E-state index contributed by atoms with van der Waals surface area (Å²) in [7, 11) is 0. The number of benzene rings is 2. The first-order valence-corrected chi connectivity index (χ1v) is 8.91. The van der Waals surface area contributed by atoms with Gasteiger partial charge in [-0.15, -0.1) is 5.10 Å². The Bertz CT molecular complexity index is 948. The number of carbonyl (C=O) groups is 1. The Hall–Kier alpha value is -3.22. The minimum Gasteiger partial charge on any atom is -0.366 e. The standard InChI is InChI=1S/C20H20FN5O/c1-15-22-19(23-26(15)16-7-3-2-4-8-16)20(27)25-13-11-24(12-14-25)18-10-6-5-9-17(18)21/h2-10H,11-14H2,1H3. The van der Waals surface area contributed by atoms with Crippen molar-refractivity contribution in [3.8, 4) is 5.69 Å². The molecule has 1 saturated heterocycles. The average molecular weight is 365 g/mol. The smallest absolute Gasteiger partial charge is 0.293 e. The van der Waals surface area contributed by atoms with Crippen LogP contribution >= 0.6 is 0 Å². The Kier molecular flexibility index (Phi) is 4.58. The molecule has 27 heavy (non-hydrogen) atoms. The van der Waals surface area contributed by atoms with E-state index in [2.05, 4.69) is 10.1 Å². The number of nitrogens with zero attached hydrogens (tertiary/aromatic N) is 5. The predicted octanol–water partition coefficient (Wildman–Crippen LogP) is 2.68. The molecule has 7 heteroatoms. The summed E-state index contributed by atoms with van der Waals surface area (Å²) in [5.41, 5.74) is 1.44. The molecule has 1 amide bonds. The Morgan fingerprint density at radius 3 is 2.33 bits per heavy atom. The van der Waals surface area contributed by atoms with E-state index in [-0.39, 0.29) is 17.5 Å². The Morgan fingerprint density at radius 1 is 0.963 bits per heavy atom.